The maximum Gasteiger partial charge on any atom is 0.338 e. The van der Waals surface area contributed by atoms with Crippen LogP contribution in [-0.4, -0.2) is 19.0 Å². The van der Waals surface area contributed by atoms with Gasteiger partial charge >= 0.3 is 5.97 Å². The van der Waals surface area contributed by atoms with E-state index < -0.39 is 5.97 Å². The van der Waals surface area contributed by atoms with Gasteiger partial charge in [0.2, 0.25) is 0 Å². The molecule has 1 amide bonds. The molecule has 0 unspecified atom stereocenters. The van der Waals surface area contributed by atoms with Crippen molar-refractivity contribution in [2.24, 2.45) is 0 Å². The predicted octanol–water partition coefficient (Wildman–Crippen LogP) is 3.06. The lowest BCUT2D eigenvalue weighted by molar-refractivity contribution is 0.0596. The Morgan fingerprint density at radius 3 is 2.33 bits per heavy atom. The van der Waals surface area contributed by atoms with E-state index in [-0.39, 0.29) is 23.6 Å². The number of halogens is 1. The first kappa shape index (κ1) is 15.1. The Morgan fingerprint density at radius 2 is 1.67 bits per heavy atom. The maximum absolute atomic E-state index is 12.2. The summed E-state index contributed by atoms with van der Waals surface area (Å²) in [5.74, 6) is -0.894. The van der Waals surface area contributed by atoms with Crippen molar-refractivity contribution in [3.05, 3.63) is 70.2 Å². The highest BCUT2D eigenvalue weighted by molar-refractivity contribution is 6.31. The average Bonchev–Trinajstić information content (AvgIpc) is 2.53. The number of carbonyl (C=O) groups is 2. The summed E-state index contributed by atoms with van der Waals surface area (Å²) in [4.78, 5) is 23.9. The van der Waals surface area contributed by atoms with Gasteiger partial charge in [0.15, 0.2) is 0 Å². The molecular formula is C16H14ClNO3. The minimum absolute atomic E-state index is 0.233. The SMILES string of the molecule is COC(=O)c1ccccc1C(=O)NCc1ccccc1Cl. The molecule has 2 rings (SSSR count). The Morgan fingerprint density at radius 1 is 1.05 bits per heavy atom. The number of carbonyl (C=O) groups excluding carboxylic acids is 2. The van der Waals surface area contributed by atoms with Crippen molar-refractivity contribution in [3.8, 4) is 0 Å². The van der Waals surface area contributed by atoms with E-state index in [0.717, 1.165) is 5.56 Å². The van der Waals surface area contributed by atoms with Crippen LogP contribution >= 0.6 is 11.6 Å². The Labute approximate surface area is 127 Å². The van der Waals surface area contributed by atoms with Crippen LogP contribution in [0.25, 0.3) is 0 Å². The second-order valence-corrected chi connectivity index (χ2v) is 4.72. The molecule has 0 aliphatic heterocycles. The molecule has 21 heavy (non-hydrogen) atoms. The van der Waals surface area contributed by atoms with Crippen molar-refractivity contribution in [1.82, 2.24) is 5.32 Å². The van der Waals surface area contributed by atoms with Crippen LogP contribution in [0.3, 0.4) is 0 Å². The van der Waals surface area contributed by atoms with Crippen molar-refractivity contribution >= 4 is 23.5 Å². The molecule has 0 heterocycles. The zero-order valence-electron chi connectivity index (χ0n) is 11.4. The van der Waals surface area contributed by atoms with Gasteiger partial charge in [-0.2, -0.15) is 0 Å². The number of ether oxygens (including phenoxy) is 1. The summed E-state index contributed by atoms with van der Waals surface area (Å²) in [6.45, 7) is 0.286. The quantitative estimate of drug-likeness (QED) is 0.883. The largest absolute Gasteiger partial charge is 0.465 e. The number of benzene rings is 2. The summed E-state index contributed by atoms with van der Waals surface area (Å²) >= 11 is 6.03. The number of hydrogen-bond acceptors (Lipinski definition) is 3. The molecule has 0 aliphatic rings. The van der Waals surface area contributed by atoms with Crippen molar-refractivity contribution < 1.29 is 14.3 Å². The zero-order valence-corrected chi connectivity index (χ0v) is 12.2. The van der Waals surface area contributed by atoms with Crippen molar-refractivity contribution in [2.45, 2.75) is 6.54 Å². The van der Waals surface area contributed by atoms with Crippen LogP contribution < -0.4 is 5.32 Å². The van der Waals surface area contributed by atoms with E-state index in [1.165, 1.54) is 7.11 Å². The summed E-state index contributed by atoms with van der Waals surface area (Å²) in [6.07, 6.45) is 0. The predicted molar refractivity (Wildman–Crippen MR) is 80.4 cm³/mol. The molecule has 0 radical (unpaired) electrons. The molecule has 4 nitrogen and oxygen atoms in total. The van der Waals surface area contributed by atoms with Gasteiger partial charge in [-0.15, -0.1) is 0 Å². The van der Waals surface area contributed by atoms with Crippen LogP contribution in [-0.2, 0) is 11.3 Å². The summed E-state index contributed by atoms with van der Waals surface area (Å²) in [6, 6.07) is 13.7. The number of esters is 1. The van der Waals surface area contributed by atoms with Crippen LogP contribution in [0.5, 0.6) is 0 Å². The van der Waals surface area contributed by atoms with Crippen LogP contribution in [0.2, 0.25) is 5.02 Å². The second kappa shape index (κ2) is 6.90. The van der Waals surface area contributed by atoms with Gasteiger partial charge in [0.1, 0.15) is 0 Å². The van der Waals surface area contributed by atoms with Crippen LogP contribution in [0, 0.1) is 0 Å². The molecule has 0 saturated heterocycles. The van der Waals surface area contributed by atoms with Crippen molar-refractivity contribution in [2.75, 3.05) is 7.11 Å². The van der Waals surface area contributed by atoms with Gasteiger partial charge in [0.05, 0.1) is 18.2 Å². The molecule has 2 aromatic carbocycles. The molecule has 0 aromatic heterocycles. The molecular weight excluding hydrogens is 290 g/mol. The third kappa shape index (κ3) is 3.61. The lowest BCUT2D eigenvalue weighted by Crippen LogP contribution is -2.25. The third-order valence-electron chi connectivity index (χ3n) is 2.97. The minimum Gasteiger partial charge on any atom is -0.465 e. The fraction of sp³-hybridized carbons (Fsp3) is 0.125. The molecule has 0 spiro atoms. The standard InChI is InChI=1S/C16H14ClNO3/c1-21-16(20)13-8-4-3-7-12(13)15(19)18-10-11-6-2-5-9-14(11)17/h2-9H,10H2,1H3,(H,18,19). The van der Waals surface area contributed by atoms with E-state index in [1.807, 2.05) is 18.2 Å². The highest BCUT2D eigenvalue weighted by Gasteiger charge is 2.16. The van der Waals surface area contributed by atoms with E-state index in [0.29, 0.717) is 5.02 Å². The van der Waals surface area contributed by atoms with Gasteiger partial charge in [-0.1, -0.05) is 41.9 Å². The monoisotopic (exact) mass is 303 g/mol. The molecule has 0 atom stereocenters. The van der Waals surface area contributed by atoms with E-state index >= 15 is 0 Å². The lowest BCUT2D eigenvalue weighted by atomic mass is 10.1. The van der Waals surface area contributed by atoms with Gasteiger partial charge in [0, 0.05) is 11.6 Å². The second-order valence-electron chi connectivity index (χ2n) is 4.31. The number of methoxy groups -OCH3 is 1. The number of nitrogens with one attached hydrogen (secondary N) is 1. The maximum atomic E-state index is 12.2. The minimum atomic E-state index is -0.543. The third-order valence-corrected chi connectivity index (χ3v) is 3.34. The van der Waals surface area contributed by atoms with Crippen LogP contribution in [0.4, 0.5) is 0 Å². The van der Waals surface area contributed by atoms with E-state index in [9.17, 15) is 9.59 Å². The number of hydrogen-bond donors (Lipinski definition) is 1. The Hall–Kier alpha value is -2.33. The van der Waals surface area contributed by atoms with Crippen molar-refractivity contribution in [1.29, 1.82) is 0 Å². The molecule has 108 valence electrons. The number of rotatable bonds is 4. The highest BCUT2D eigenvalue weighted by atomic mass is 35.5. The number of amides is 1. The van der Waals surface area contributed by atoms with E-state index in [1.54, 1.807) is 30.3 Å². The van der Waals surface area contributed by atoms with Gasteiger partial charge in [-0.05, 0) is 23.8 Å². The van der Waals surface area contributed by atoms with Crippen LogP contribution in [0.15, 0.2) is 48.5 Å². The Balaban J connectivity index is 2.14. The fourth-order valence-electron chi connectivity index (χ4n) is 1.88. The first-order valence-corrected chi connectivity index (χ1v) is 6.70. The van der Waals surface area contributed by atoms with Gasteiger partial charge in [0.25, 0.3) is 5.91 Å². The first-order chi connectivity index (χ1) is 10.1. The molecule has 0 bridgehead atoms. The topological polar surface area (TPSA) is 55.4 Å². The summed E-state index contributed by atoms with van der Waals surface area (Å²) in [5, 5.41) is 3.33. The summed E-state index contributed by atoms with van der Waals surface area (Å²) in [5.41, 5.74) is 1.32. The van der Waals surface area contributed by atoms with Crippen molar-refractivity contribution in [3.63, 3.8) is 0 Å². The highest BCUT2D eigenvalue weighted by Crippen LogP contribution is 2.15. The van der Waals surface area contributed by atoms with E-state index in [2.05, 4.69) is 10.1 Å². The Bertz CT molecular complexity index is 670. The first-order valence-electron chi connectivity index (χ1n) is 6.32. The molecule has 2 aromatic rings. The van der Waals surface area contributed by atoms with Crippen LogP contribution in [0.1, 0.15) is 26.3 Å². The molecule has 1 N–H and O–H groups in total. The van der Waals surface area contributed by atoms with Gasteiger partial charge in [-0.3, -0.25) is 4.79 Å². The van der Waals surface area contributed by atoms with Gasteiger partial charge < -0.3 is 10.1 Å². The average molecular weight is 304 g/mol. The smallest absolute Gasteiger partial charge is 0.338 e. The Kier molecular flexibility index (Phi) is 4.95. The zero-order chi connectivity index (χ0) is 15.2. The lowest BCUT2D eigenvalue weighted by Gasteiger charge is -2.09. The fourth-order valence-corrected chi connectivity index (χ4v) is 2.08. The van der Waals surface area contributed by atoms with Gasteiger partial charge in [-0.25, -0.2) is 4.79 Å². The molecule has 5 heteroatoms. The molecule has 0 fully saturated rings. The summed E-state index contributed by atoms with van der Waals surface area (Å²) in [7, 11) is 1.28. The van der Waals surface area contributed by atoms with E-state index in [4.69, 9.17) is 11.6 Å². The molecule has 0 saturated carbocycles. The normalized spacial score (nSPS) is 10.0. The summed E-state index contributed by atoms with van der Waals surface area (Å²) < 4.78 is 4.67. The molecule has 0 aliphatic carbocycles.